The monoisotopic (exact) mass is 911 g/mol. The normalized spacial score (nSPS) is 11.0. The highest BCUT2D eigenvalue weighted by molar-refractivity contribution is 6.10. The summed E-state index contributed by atoms with van der Waals surface area (Å²) in [7, 11) is 2.13. The molecule has 0 saturated heterocycles. The lowest BCUT2D eigenvalue weighted by Gasteiger charge is -2.20. The molecule has 3 heteroatoms. The molecule has 0 aliphatic heterocycles. The molecule has 13 rings (SSSR count). The van der Waals surface area contributed by atoms with Crippen molar-refractivity contribution in [1.29, 1.82) is 0 Å². The van der Waals surface area contributed by atoms with Gasteiger partial charge in [-0.15, -0.1) is 0 Å². The fourth-order valence-electron chi connectivity index (χ4n) is 9.75. The number of para-hydroxylation sites is 5. The maximum atomic E-state index is 2.37. The second kappa shape index (κ2) is 20.2. The van der Waals surface area contributed by atoms with Gasteiger partial charge in [-0.1, -0.05) is 212 Å². The third kappa shape index (κ3) is 9.25. The first-order chi connectivity index (χ1) is 35.1. The molecule has 0 bridgehead atoms. The van der Waals surface area contributed by atoms with Crippen molar-refractivity contribution in [1.82, 2.24) is 9.13 Å². The van der Waals surface area contributed by atoms with Crippen molar-refractivity contribution >= 4 is 55.0 Å². The van der Waals surface area contributed by atoms with Gasteiger partial charge in [0, 0.05) is 51.3 Å². The Labute approximate surface area is 416 Å². The van der Waals surface area contributed by atoms with Crippen LogP contribution in [0.3, 0.4) is 0 Å². The van der Waals surface area contributed by atoms with Gasteiger partial charge < -0.3 is 14.0 Å². The van der Waals surface area contributed by atoms with Gasteiger partial charge in [-0.25, -0.2) is 0 Å². The van der Waals surface area contributed by atoms with E-state index in [4.69, 9.17) is 0 Å². The number of hydrogen-bond acceptors (Lipinski definition) is 1. The van der Waals surface area contributed by atoms with Crippen LogP contribution in [0.15, 0.2) is 285 Å². The lowest BCUT2D eigenvalue weighted by Crippen LogP contribution is -2.08. The summed E-state index contributed by atoms with van der Waals surface area (Å²) < 4.78 is 4.70. The zero-order chi connectivity index (χ0) is 47.9. The van der Waals surface area contributed by atoms with E-state index in [1.807, 2.05) is 18.2 Å². The Morgan fingerprint density at radius 3 is 0.986 bits per heavy atom. The minimum Gasteiger partial charge on any atom is -0.345 e. The van der Waals surface area contributed by atoms with Gasteiger partial charge in [-0.05, 0) is 119 Å². The average Bonchev–Trinajstić information content (AvgIpc) is 3.97. The van der Waals surface area contributed by atoms with Crippen LogP contribution in [0.1, 0.15) is 5.56 Å². The number of benzene rings is 11. The van der Waals surface area contributed by atoms with Crippen LogP contribution in [0, 0.1) is 6.92 Å². The zero-order valence-corrected chi connectivity index (χ0v) is 40.0. The van der Waals surface area contributed by atoms with E-state index in [0.717, 1.165) is 11.4 Å². The van der Waals surface area contributed by atoms with E-state index < -0.39 is 0 Å². The Morgan fingerprint density at radius 2 is 0.563 bits per heavy atom. The van der Waals surface area contributed by atoms with Gasteiger partial charge >= 0.3 is 0 Å². The number of aromatic nitrogens is 2. The summed E-state index contributed by atoms with van der Waals surface area (Å²) in [5.41, 5.74) is 18.3. The van der Waals surface area contributed by atoms with Crippen molar-refractivity contribution in [2.45, 2.75) is 6.92 Å². The Balaban J connectivity index is 0.000000171. The highest BCUT2D eigenvalue weighted by Gasteiger charge is 2.14. The summed E-state index contributed by atoms with van der Waals surface area (Å²) >= 11 is 0. The van der Waals surface area contributed by atoms with E-state index in [2.05, 4.69) is 295 Å². The molecular weight excluding hydrogens is 859 g/mol. The molecule has 0 spiro atoms. The molecule has 0 N–H and O–H groups in total. The minimum absolute atomic E-state index is 1.15. The molecule has 13 aromatic rings. The van der Waals surface area contributed by atoms with Crippen LogP contribution in [0.25, 0.3) is 88.4 Å². The fraction of sp³-hybridized carbons (Fsp3) is 0.0294. The molecular formula is C68H53N3. The third-order valence-electron chi connectivity index (χ3n) is 13.4. The molecule has 11 aromatic carbocycles. The van der Waals surface area contributed by atoms with Crippen LogP contribution in [0.5, 0.6) is 0 Å². The summed E-state index contributed by atoms with van der Waals surface area (Å²) in [6.07, 6.45) is 0. The van der Waals surface area contributed by atoms with Gasteiger partial charge in [-0.2, -0.15) is 0 Å². The van der Waals surface area contributed by atoms with Crippen molar-refractivity contribution in [2.75, 3.05) is 11.9 Å². The molecule has 3 nitrogen and oxygen atoms in total. The summed E-state index contributed by atoms with van der Waals surface area (Å²) in [4.78, 5) is 2.24. The molecule has 71 heavy (non-hydrogen) atoms. The molecule has 0 atom stereocenters. The second-order valence-corrected chi connectivity index (χ2v) is 17.9. The van der Waals surface area contributed by atoms with Gasteiger partial charge in [0.2, 0.25) is 0 Å². The van der Waals surface area contributed by atoms with Crippen molar-refractivity contribution in [3.05, 3.63) is 291 Å². The summed E-state index contributed by atoms with van der Waals surface area (Å²) in [6.45, 7) is 2.08. The maximum absolute atomic E-state index is 2.37. The number of nitrogens with zero attached hydrogens (tertiary/aromatic N) is 3. The fourth-order valence-corrected chi connectivity index (χ4v) is 9.75. The van der Waals surface area contributed by atoms with E-state index in [1.54, 1.807) is 0 Å². The summed E-state index contributed by atoms with van der Waals surface area (Å²) in [5, 5.41) is 5.17. The van der Waals surface area contributed by atoms with Gasteiger partial charge in [0.15, 0.2) is 0 Å². The molecule has 2 heterocycles. The van der Waals surface area contributed by atoms with Crippen LogP contribution in [-0.4, -0.2) is 16.2 Å². The van der Waals surface area contributed by atoms with Gasteiger partial charge in [0.1, 0.15) is 0 Å². The highest BCUT2D eigenvalue weighted by Crippen LogP contribution is 2.36. The summed E-state index contributed by atoms with van der Waals surface area (Å²) in [5.74, 6) is 0. The smallest absolute Gasteiger partial charge is 0.0541 e. The molecule has 0 saturated carbocycles. The SMILES string of the molecule is CN(c1ccc(-c2cccc(-c3ccccc3)c2)cc1)c1ccc(-c2cccc(-n3c4ccccc4c4ccccc43)c2)cc1.Cc1ccccc1.c1ccc(-n2c3ccccc3c3ccccc32)cc1. The lowest BCUT2D eigenvalue weighted by molar-refractivity contribution is 1.18. The average molecular weight is 912 g/mol. The third-order valence-corrected chi connectivity index (χ3v) is 13.4. The number of fused-ring (bicyclic) bond motifs is 6. The highest BCUT2D eigenvalue weighted by atomic mass is 15.1. The Kier molecular flexibility index (Phi) is 12.6. The van der Waals surface area contributed by atoms with Crippen LogP contribution in [-0.2, 0) is 0 Å². The Morgan fingerprint density at radius 1 is 0.254 bits per heavy atom. The largest absolute Gasteiger partial charge is 0.345 e. The molecule has 0 unspecified atom stereocenters. The van der Waals surface area contributed by atoms with Crippen LogP contribution in [0.2, 0.25) is 0 Å². The van der Waals surface area contributed by atoms with Crippen LogP contribution >= 0.6 is 0 Å². The summed E-state index contributed by atoms with van der Waals surface area (Å²) in [6, 6.07) is 101. The Bertz CT molecular complexity index is 3760. The number of rotatable bonds is 7. The molecule has 0 aliphatic carbocycles. The van der Waals surface area contributed by atoms with E-state index in [9.17, 15) is 0 Å². The molecule has 340 valence electrons. The second-order valence-electron chi connectivity index (χ2n) is 17.9. The van der Waals surface area contributed by atoms with Crippen molar-refractivity contribution in [3.63, 3.8) is 0 Å². The van der Waals surface area contributed by atoms with E-state index in [-0.39, 0.29) is 0 Å². The van der Waals surface area contributed by atoms with Crippen molar-refractivity contribution in [3.8, 4) is 44.8 Å². The first-order valence-corrected chi connectivity index (χ1v) is 24.3. The van der Waals surface area contributed by atoms with E-state index in [0.29, 0.717) is 0 Å². The number of hydrogen-bond donors (Lipinski definition) is 0. The van der Waals surface area contributed by atoms with Crippen LogP contribution in [0.4, 0.5) is 11.4 Å². The molecule has 0 amide bonds. The molecule has 0 aliphatic rings. The number of anilines is 2. The quantitative estimate of drug-likeness (QED) is 0.155. The lowest BCUT2D eigenvalue weighted by atomic mass is 9.99. The van der Waals surface area contributed by atoms with Gasteiger partial charge in [0.25, 0.3) is 0 Å². The van der Waals surface area contributed by atoms with Crippen LogP contribution < -0.4 is 4.90 Å². The van der Waals surface area contributed by atoms with Gasteiger partial charge in [-0.3, -0.25) is 0 Å². The van der Waals surface area contributed by atoms with E-state index >= 15 is 0 Å². The number of aryl methyl sites for hydroxylation is 1. The van der Waals surface area contributed by atoms with Crippen molar-refractivity contribution in [2.24, 2.45) is 0 Å². The predicted octanol–water partition coefficient (Wildman–Crippen LogP) is 18.3. The minimum atomic E-state index is 1.15. The topological polar surface area (TPSA) is 13.1 Å². The molecule has 2 aromatic heterocycles. The maximum Gasteiger partial charge on any atom is 0.0541 e. The first kappa shape index (κ1) is 44.3. The first-order valence-electron chi connectivity index (χ1n) is 24.3. The predicted molar refractivity (Wildman–Crippen MR) is 304 cm³/mol. The Hall–Kier alpha value is -9.18. The standard InChI is InChI=1S/C43H32N2.C18H13N.C7H8/c1-44(37-25-21-32(22-26-37)35-14-9-13-34(29-35)31-11-3-2-4-12-31)38-27-23-33(24-28-38)36-15-10-16-39(30-36)45-42-19-7-5-17-40(42)41-18-6-8-20-43(41)45;1-2-8-14(9-3-1)19-17-12-6-4-10-15(17)16-11-5-7-13-18(16)19;1-7-5-3-2-4-6-7/h2-30H,1H3;1-13H;2-6H,1H3. The molecule has 0 radical (unpaired) electrons. The van der Waals surface area contributed by atoms with Gasteiger partial charge in [0.05, 0.1) is 22.1 Å². The molecule has 0 fully saturated rings. The van der Waals surface area contributed by atoms with Crippen molar-refractivity contribution < 1.29 is 0 Å². The van der Waals surface area contributed by atoms with E-state index in [1.165, 1.54) is 93.9 Å². The zero-order valence-electron chi connectivity index (χ0n) is 40.0.